The van der Waals surface area contributed by atoms with Crippen LogP contribution in [0, 0.1) is 0 Å². The van der Waals surface area contributed by atoms with E-state index in [-0.39, 0.29) is 0 Å². The first-order valence-electron chi connectivity index (χ1n) is 8.19. The van der Waals surface area contributed by atoms with E-state index < -0.39 is 6.09 Å². The smallest absolute Gasteiger partial charge is 0.411 e. The highest BCUT2D eigenvalue weighted by molar-refractivity contribution is 7.17. The normalized spacial score (nSPS) is 10.6. The second-order valence-corrected chi connectivity index (χ2v) is 6.58. The standard InChI is InChI=1S/C19H21N3O2S/c1-2-9-24-19(23)22-17-8-7-14(10-16(17)20)21-11-13-12-25-18-6-4-3-5-15(13)18/h3-8,10,12,21H,2,9,11,20H2,1H3,(H,22,23). The van der Waals surface area contributed by atoms with E-state index in [1.165, 1.54) is 15.6 Å². The van der Waals surface area contributed by atoms with E-state index in [2.05, 4.69) is 34.2 Å². The fourth-order valence-electron chi connectivity index (χ4n) is 2.49. The number of fused-ring (bicyclic) bond motifs is 1. The molecule has 3 rings (SSSR count). The first-order valence-corrected chi connectivity index (χ1v) is 9.07. The molecule has 0 spiro atoms. The number of carbonyl (C=O) groups is 1. The number of nitrogen functional groups attached to an aromatic ring is 1. The number of nitrogens with two attached hydrogens (primary N) is 1. The number of hydrogen-bond acceptors (Lipinski definition) is 5. The summed E-state index contributed by atoms with van der Waals surface area (Å²) in [5, 5.41) is 9.47. The van der Waals surface area contributed by atoms with Crippen LogP contribution in [0.4, 0.5) is 21.9 Å². The van der Waals surface area contributed by atoms with Gasteiger partial charge in [0.15, 0.2) is 0 Å². The van der Waals surface area contributed by atoms with Gasteiger partial charge >= 0.3 is 6.09 Å². The van der Waals surface area contributed by atoms with Crippen molar-refractivity contribution < 1.29 is 9.53 Å². The SMILES string of the molecule is CCCOC(=O)Nc1ccc(NCc2csc3ccccc23)cc1N. The lowest BCUT2D eigenvalue weighted by molar-refractivity contribution is 0.161. The maximum Gasteiger partial charge on any atom is 0.411 e. The van der Waals surface area contributed by atoms with Crippen LogP contribution in [-0.2, 0) is 11.3 Å². The molecule has 0 aliphatic heterocycles. The van der Waals surface area contributed by atoms with Gasteiger partial charge in [-0.2, -0.15) is 0 Å². The average Bonchev–Trinajstić information content (AvgIpc) is 3.03. The van der Waals surface area contributed by atoms with Gasteiger partial charge in [0.05, 0.1) is 18.0 Å². The van der Waals surface area contributed by atoms with Gasteiger partial charge in [-0.25, -0.2) is 4.79 Å². The second-order valence-electron chi connectivity index (χ2n) is 5.67. The number of carbonyl (C=O) groups excluding carboxylic acids is 1. The van der Waals surface area contributed by atoms with E-state index in [1.807, 2.05) is 25.1 Å². The first kappa shape index (κ1) is 17.1. The molecule has 0 radical (unpaired) electrons. The van der Waals surface area contributed by atoms with Gasteiger partial charge in [0.2, 0.25) is 0 Å². The number of hydrogen-bond donors (Lipinski definition) is 3. The summed E-state index contributed by atoms with van der Waals surface area (Å²) in [4.78, 5) is 11.6. The van der Waals surface area contributed by atoms with Crippen molar-refractivity contribution >= 4 is 44.6 Å². The first-order chi connectivity index (χ1) is 12.2. The summed E-state index contributed by atoms with van der Waals surface area (Å²) >= 11 is 1.74. The lowest BCUT2D eigenvalue weighted by Crippen LogP contribution is -2.15. The zero-order chi connectivity index (χ0) is 17.6. The summed E-state index contributed by atoms with van der Waals surface area (Å²) in [7, 11) is 0. The molecular formula is C19H21N3O2S. The predicted octanol–water partition coefficient (Wildman–Crippen LogP) is 5.05. The summed E-state index contributed by atoms with van der Waals surface area (Å²) in [6.45, 7) is 3.05. The van der Waals surface area contributed by atoms with Crippen molar-refractivity contribution in [3.63, 3.8) is 0 Å². The van der Waals surface area contributed by atoms with Crippen molar-refractivity contribution in [2.75, 3.05) is 23.0 Å². The summed E-state index contributed by atoms with van der Waals surface area (Å²) in [6.07, 6.45) is 0.294. The number of amides is 1. The van der Waals surface area contributed by atoms with Crippen molar-refractivity contribution in [1.29, 1.82) is 0 Å². The number of ether oxygens (including phenoxy) is 1. The van der Waals surface area contributed by atoms with E-state index in [9.17, 15) is 4.79 Å². The maximum absolute atomic E-state index is 11.6. The topological polar surface area (TPSA) is 76.4 Å². The molecule has 4 N–H and O–H groups in total. The van der Waals surface area contributed by atoms with Crippen LogP contribution < -0.4 is 16.4 Å². The molecule has 6 heteroatoms. The van der Waals surface area contributed by atoms with E-state index in [0.717, 1.165) is 18.7 Å². The van der Waals surface area contributed by atoms with Crippen LogP contribution in [0.2, 0.25) is 0 Å². The van der Waals surface area contributed by atoms with Crippen molar-refractivity contribution in [3.8, 4) is 0 Å². The molecule has 0 aliphatic rings. The molecule has 5 nitrogen and oxygen atoms in total. The molecule has 0 bridgehead atoms. The van der Waals surface area contributed by atoms with Gasteiger partial charge in [-0.15, -0.1) is 11.3 Å². The predicted molar refractivity (Wildman–Crippen MR) is 105 cm³/mol. The molecule has 0 atom stereocenters. The molecule has 0 fully saturated rings. The van der Waals surface area contributed by atoms with Gasteiger partial charge in [0.25, 0.3) is 0 Å². The Labute approximate surface area is 150 Å². The Morgan fingerprint density at radius 3 is 2.88 bits per heavy atom. The Kier molecular flexibility index (Phi) is 5.40. The lowest BCUT2D eigenvalue weighted by atomic mass is 10.1. The van der Waals surface area contributed by atoms with Crippen molar-refractivity contribution in [2.45, 2.75) is 19.9 Å². The molecule has 2 aromatic carbocycles. The monoisotopic (exact) mass is 355 g/mol. The molecule has 0 saturated heterocycles. The highest BCUT2D eigenvalue weighted by atomic mass is 32.1. The van der Waals surface area contributed by atoms with Gasteiger partial charge in [-0.1, -0.05) is 25.1 Å². The second kappa shape index (κ2) is 7.90. The van der Waals surface area contributed by atoms with E-state index in [0.29, 0.717) is 18.0 Å². The van der Waals surface area contributed by atoms with Crippen LogP contribution in [0.15, 0.2) is 47.8 Å². The van der Waals surface area contributed by atoms with Gasteiger partial charge < -0.3 is 15.8 Å². The van der Waals surface area contributed by atoms with E-state index >= 15 is 0 Å². The van der Waals surface area contributed by atoms with Crippen LogP contribution in [0.5, 0.6) is 0 Å². The molecule has 3 aromatic rings. The minimum atomic E-state index is -0.487. The molecule has 1 amide bonds. The van der Waals surface area contributed by atoms with Crippen molar-refractivity contribution in [2.24, 2.45) is 0 Å². The molecule has 0 unspecified atom stereocenters. The average molecular weight is 355 g/mol. The van der Waals surface area contributed by atoms with E-state index in [1.54, 1.807) is 17.4 Å². The molecule has 0 aliphatic carbocycles. The fraction of sp³-hybridized carbons (Fsp3) is 0.211. The number of benzene rings is 2. The fourth-order valence-corrected chi connectivity index (χ4v) is 3.46. The number of nitrogens with one attached hydrogen (secondary N) is 2. The zero-order valence-corrected chi connectivity index (χ0v) is 14.9. The van der Waals surface area contributed by atoms with Crippen LogP contribution in [-0.4, -0.2) is 12.7 Å². The maximum atomic E-state index is 11.6. The minimum absolute atomic E-state index is 0.389. The molecule has 0 saturated carbocycles. The Balaban J connectivity index is 1.64. The number of rotatable bonds is 6. The Hall–Kier alpha value is -2.73. The quantitative estimate of drug-likeness (QED) is 0.541. The Bertz CT molecular complexity index is 876. The summed E-state index contributed by atoms with van der Waals surface area (Å²) in [5.41, 5.74) is 9.23. The van der Waals surface area contributed by atoms with Crippen molar-refractivity contribution in [1.82, 2.24) is 0 Å². The van der Waals surface area contributed by atoms with Crippen LogP contribution in [0.1, 0.15) is 18.9 Å². The van der Waals surface area contributed by atoms with Crippen LogP contribution >= 0.6 is 11.3 Å². The molecular weight excluding hydrogens is 334 g/mol. The summed E-state index contributed by atoms with van der Waals surface area (Å²) < 4.78 is 6.28. The van der Waals surface area contributed by atoms with E-state index in [4.69, 9.17) is 10.5 Å². The Morgan fingerprint density at radius 2 is 2.08 bits per heavy atom. The third-order valence-corrected chi connectivity index (χ3v) is 4.78. The highest BCUT2D eigenvalue weighted by Gasteiger charge is 2.07. The summed E-state index contributed by atoms with van der Waals surface area (Å²) in [6, 6.07) is 13.8. The lowest BCUT2D eigenvalue weighted by Gasteiger charge is -2.11. The van der Waals surface area contributed by atoms with Gasteiger partial charge in [0, 0.05) is 16.9 Å². The number of anilines is 3. The van der Waals surface area contributed by atoms with Gasteiger partial charge in [-0.3, -0.25) is 5.32 Å². The van der Waals surface area contributed by atoms with Crippen LogP contribution in [0.25, 0.3) is 10.1 Å². The molecule has 1 aromatic heterocycles. The van der Waals surface area contributed by atoms with Gasteiger partial charge in [-0.05, 0) is 47.0 Å². The third-order valence-electron chi connectivity index (χ3n) is 3.77. The number of thiophene rings is 1. The Morgan fingerprint density at radius 1 is 1.24 bits per heavy atom. The summed E-state index contributed by atoms with van der Waals surface area (Å²) in [5.74, 6) is 0. The van der Waals surface area contributed by atoms with Crippen LogP contribution in [0.3, 0.4) is 0 Å². The third kappa shape index (κ3) is 4.22. The molecule has 130 valence electrons. The minimum Gasteiger partial charge on any atom is -0.449 e. The molecule has 25 heavy (non-hydrogen) atoms. The van der Waals surface area contributed by atoms with Gasteiger partial charge in [0.1, 0.15) is 0 Å². The highest BCUT2D eigenvalue weighted by Crippen LogP contribution is 2.27. The zero-order valence-electron chi connectivity index (χ0n) is 14.0. The largest absolute Gasteiger partial charge is 0.449 e. The molecule has 1 heterocycles. The van der Waals surface area contributed by atoms with Crippen molar-refractivity contribution in [3.05, 3.63) is 53.4 Å².